The predicted molar refractivity (Wildman–Crippen MR) is 108 cm³/mol. The summed E-state index contributed by atoms with van der Waals surface area (Å²) < 4.78 is 0. The molecule has 0 spiro atoms. The van der Waals surface area contributed by atoms with E-state index in [1.54, 1.807) is 18.6 Å². The van der Waals surface area contributed by atoms with Crippen LogP contribution in [0.25, 0.3) is 11.3 Å². The third kappa shape index (κ3) is 3.98. The van der Waals surface area contributed by atoms with Crippen LogP contribution in [0.1, 0.15) is 18.4 Å². The lowest BCUT2D eigenvalue weighted by Crippen LogP contribution is -2.38. The average Bonchev–Trinajstić information content (AvgIpc) is 2.76. The van der Waals surface area contributed by atoms with Crippen LogP contribution in [0.3, 0.4) is 0 Å². The van der Waals surface area contributed by atoms with Crippen molar-refractivity contribution in [3.8, 4) is 11.3 Å². The van der Waals surface area contributed by atoms with Crippen LogP contribution in [-0.4, -0.2) is 39.2 Å². The highest BCUT2D eigenvalue weighted by molar-refractivity contribution is 5.92. The van der Waals surface area contributed by atoms with Gasteiger partial charge in [0.05, 0.1) is 5.69 Å². The Bertz CT molecular complexity index is 937. The summed E-state index contributed by atoms with van der Waals surface area (Å²) in [5, 5.41) is 11.6. The molecule has 0 saturated carbocycles. The predicted octanol–water partition coefficient (Wildman–Crippen LogP) is 3.10. The van der Waals surface area contributed by atoms with Gasteiger partial charge in [0.2, 0.25) is 5.91 Å². The van der Waals surface area contributed by atoms with E-state index in [0.29, 0.717) is 5.82 Å². The molecule has 3 aromatic heterocycles. The number of piperidine rings is 1. The quantitative estimate of drug-likeness (QED) is 0.755. The van der Waals surface area contributed by atoms with Gasteiger partial charge >= 0.3 is 0 Å². The van der Waals surface area contributed by atoms with Crippen molar-refractivity contribution in [1.82, 2.24) is 20.2 Å². The number of hydrogen-bond donors (Lipinski definition) is 1. The van der Waals surface area contributed by atoms with Crippen molar-refractivity contribution in [3.05, 3.63) is 60.6 Å². The van der Waals surface area contributed by atoms with Gasteiger partial charge in [0, 0.05) is 43.2 Å². The molecule has 3 aromatic rings. The van der Waals surface area contributed by atoms with Gasteiger partial charge in [-0.2, -0.15) is 0 Å². The van der Waals surface area contributed by atoms with Crippen molar-refractivity contribution in [1.29, 1.82) is 0 Å². The maximum absolute atomic E-state index is 12.6. The molecule has 0 aliphatic carbocycles. The minimum atomic E-state index is -0.0136. The molecule has 4 rings (SSSR count). The molecule has 4 heterocycles. The number of carbonyl (C=O) groups is 1. The lowest BCUT2D eigenvalue weighted by Gasteiger charge is -2.31. The van der Waals surface area contributed by atoms with E-state index < -0.39 is 0 Å². The van der Waals surface area contributed by atoms with Crippen LogP contribution in [0.5, 0.6) is 0 Å². The maximum Gasteiger partial charge on any atom is 0.228 e. The van der Waals surface area contributed by atoms with E-state index in [2.05, 4.69) is 30.4 Å². The number of nitrogens with one attached hydrogen (secondary N) is 1. The van der Waals surface area contributed by atoms with Crippen LogP contribution in [0.4, 0.5) is 11.6 Å². The van der Waals surface area contributed by atoms with Crippen molar-refractivity contribution < 1.29 is 4.79 Å². The van der Waals surface area contributed by atoms with Crippen LogP contribution >= 0.6 is 0 Å². The fraction of sp³-hybridized carbons (Fsp3) is 0.286. The molecule has 1 aliphatic heterocycles. The molecule has 28 heavy (non-hydrogen) atoms. The van der Waals surface area contributed by atoms with Gasteiger partial charge in [-0.1, -0.05) is 6.07 Å². The minimum Gasteiger partial charge on any atom is -0.355 e. The fourth-order valence-electron chi connectivity index (χ4n) is 3.37. The van der Waals surface area contributed by atoms with E-state index in [1.807, 2.05) is 43.3 Å². The van der Waals surface area contributed by atoms with Gasteiger partial charge in [-0.25, -0.2) is 4.98 Å². The monoisotopic (exact) mass is 374 g/mol. The zero-order valence-corrected chi connectivity index (χ0v) is 15.7. The van der Waals surface area contributed by atoms with Crippen molar-refractivity contribution in [3.63, 3.8) is 0 Å². The Hall–Kier alpha value is -3.35. The second kappa shape index (κ2) is 8.12. The number of anilines is 2. The highest BCUT2D eigenvalue weighted by Gasteiger charge is 2.26. The molecule has 1 amide bonds. The van der Waals surface area contributed by atoms with E-state index in [4.69, 9.17) is 0 Å². The maximum atomic E-state index is 12.6. The Morgan fingerprint density at radius 1 is 1.07 bits per heavy atom. The second-order valence-electron chi connectivity index (χ2n) is 6.94. The molecular weight excluding hydrogens is 352 g/mol. The van der Waals surface area contributed by atoms with Gasteiger partial charge in [0.15, 0.2) is 5.82 Å². The highest BCUT2D eigenvalue weighted by atomic mass is 16.1. The number of hydrogen-bond acceptors (Lipinski definition) is 6. The van der Waals surface area contributed by atoms with Gasteiger partial charge in [0.1, 0.15) is 5.82 Å². The van der Waals surface area contributed by atoms with Crippen LogP contribution in [0, 0.1) is 12.8 Å². The molecule has 0 radical (unpaired) electrons. The largest absolute Gasteiger partial charge is 0.355 e. The SMILES string of the molecule is Cc1cccnc1NC(=O)C1CCN(c2ccc(-c3cccnc3)nn2)CC1. The summed E-state index contributed by atoms with van der Waals surface area (Å²) in [6, 6.07) is 11.6. The highest BCUT2D eigenvalue weighted by Crippen LogP contribution is 2.24. The Morgan fingerprint density at radius 3 is 2.57 bits per heavy atom. The first-order valence-electron chi connectivity index (χ1n) is 9.42. The van der Waals surface area contributed by atoms with Crippen LogP contribution in [0.15, 0.2) is 55.0 Å². The smallest absolute Gasteiger partial charge is 0.228 e. The number of aromatic nitrogens is 4. The van der Waals surface area contributed by atoms with E-state index in [0.717, 1.165) is 48.6 Å². The lowest BCUT2D eigenvalue weighted by atomic mass is 9.96. The van der Waals surface area contributed by atoms with E-state index >= 15 is 0 Å². The third-order valence-corrected chi connectivity index (χ3v) is 5.05. The Balaban J connectivity index is 1.35. The molecule has 0 bridgehead atoms. The van der Waals surface area contributed by atoms with Gasteiger partial charge in [-0.05, 0) is 55.7 Å². The van der Waals surface area contributed by atoms with Gasteiger partial charge in [-0.3, -0.25) is 9.78 Å². The fourth-order valence-corrected chi connectivity index (χ4v) is 3.37. The summed E-state index contributed by atoms with van der Waals surface area (Å²) in [7, 11) is 0. The summed E-state index contributed by atoms with van der Waals surface area (Å²) in [4.78, 5) is 23.1. The topological polar surface area (TPSA) is 83.9 Å². The van der Waals surface area contributed by atoms with Crippen LogP contribution in [-0.2, 0) is 4.79 Å². The van der Waals surface area contributed by atoms with Crippen molar-refractivity contribution in [2.75, 3.05) is 23.3 Å². The molecule has 7 heteroatoms. The van der Waals surface area contributed by atoms with Crippen LogP contribution in [0.2, 0.25) is 0 Å². The van der Waals surface area contributed by atoms with Crippen LogP contribution < -0.4 is 10.2 Å². The molecule has 0 unspecified atom stereocenters. The first-order chi connectivity index (χ1) is 13.7. The average molecular weight is 374 g/mol. The Labute approximate surface area is 163 Å². The number of aryl methyl sites for hydroxylation is 1. The Kier molecular flexibility index (Phi) is 5.23. The number of amides is 1. The van der Waals surface area contributed by atoms with Gasteiger partial charge in [0.25, 0.3) is 0 Å². The van der Waals surface area contributed by atoms with Gasteiger partial charge < -0.3 is 10.2 Å². The minimum absolute atomic E-state index is 0.0136. The normalized spacial score (nSPS) is 14.7. The van der Waals surface area contributed by atoms with Crippen molar-refractivity contribution >= 4 is 17.5 Å². The molecule has 0 atom stereocenters. The lowest BCUT2D eigenvalue weighted by molar-refractivity contribution is -0.120. The molecule has 1 N–H and O–H groups in total. The summed E-state index contributed by atoms with van der Waals surface area (Å²) in [6.45, 7) is 3.50. The van der Waals surface area contributed by atoms with E-state index in [9.17, 15) is 4.79 Å². The molecule has 1 fully saturated rings. The first kappa shape index (κ1) is 18.0. The zero-order chi connectivity index (χ0) is 19.3. The number of nitrogens with zero attached hydrogens (tertiary/aromatic N) is 5. The summed E-state index contributed by atoms with van der Waals surface area (Å²) in [5.74, 6) is 1.51. The summed E-state index contributed by atoms with van der Waals surface area (Å²) >= 11 is 0. The number of pyridine rings is 2. The van der Waals surface area contributed by atoms with E-state index in [-0.39, 0.29) is 11.8 Å². The number of rotatable bonds is 4. The van der Waals surface area contributed by atoms with Gasteiger partial charge in [-0.15, -0.1) is 10.2 Å². The van der Waals surface area contributed by atoms with Crippen molar-refractivity contribution in [2.24, 2.45) is 5.92 Å². The standard InChI is InChI=1S/C21H22N6O/c1-15-4-2-11-23-20(15)24-21(28)16-8-12-27(13-9-16)19-7-6-18(25-26-19)17-5-3-10-22-14-17/h2-7,10-11,14,16H,8-9,12-13H2,1H3,(H,23,24,28). The number of carbonyl (C=O) groups excluding carboxylic acids is 1. The first-order valence-corrected chi connectivity index (χ1v) is 9.42. The molecule has 0 aromatic carbocycles. The molecule has 7 nitrogen and oxygen atoms in total. The van der Waals surface area contributed by atoms with Crippen molar-refractivity contribution in [2.45, 2.75) is 19.8 Å². The van der Waals surface area contributed by atoms with E-state index in [1.165, 1.54) is 0 Å². The molecule has 1 saturated heterocycles. The summed E-state index contributed by atoms with van der Waals surface area (Å²) in [6.07, 6.45) is 6.77. The summed E-state index contributed by atoms with van der Waals surface area (Å²) in [5.41, 5.74) is 2.72. The molecule has 142 valence electrons. The third-order valence-electron chi connectivity index (χ3n) is 5.05. The second-order valence-corrected chi connectivity index (χ2v) is 6.94. The zero-order valence-electron chi connectivity index (χ0n) is 15.7. The molecular formula is C21H22N6O. The Morgan fingerprint density at radius 2 is 1.89 bits per heavy atom. The molecule has 1 aliphatic rings.